The predicted molar refractivity (Wildman–Crippen MR) is 68.1 cm³/mol. The maximum absolute atomic E-state index is 5.49. The van der Waals surface area contributed by atoms with E-state index in [1.54, 1.807) is 7.11 Å². The SMILES string of the molecule is COCCCCCNC1CCCc2occc21. The summed E-state index contributed by atoms with van der Waals surface area (Å²) in [5, 5.41) is 3.64. The average Bonchev–Trinajstić information content (AvgIpc) is 2.82. The first-order valence-electron chi connectivity index (χ1n) is 6.70. The van der Waals surface area contributed by atoms with Crippen LogP contribution in [0.5, 0.6) is 0 Å². The molecule has 0 saturated carbocycles. The molecular weight excluding hydrogens is 214 g/mol. The van der Waals surface area contributed by atoms with E-state index >= 15 is 0 Å². The van der Waals surface area contributed by atoms with Crippen LogP contribution in [0.15, 0.2) is 16.7 Å². The highest BCUT2D eigenvalue weighted by atomic mass is 16.5. The highest BCUT2D eigenvalue weighted by Gasteiger charge is 2.21. The monoisotopic (exact) mass is 237 g/mol. The lowest BCUT2D eigenvalue weighted by Crippen LogP contribution is -2.25. The molecule has 0 aromatic carbocycles. The van der Waals surface area contributed by atoms with Crippen LogP contribution >= 0.6 is 0 Å². The fraction of sp³-hybridized carbons (Fsp3) is 0.714. The molecule has 0 spiro atoms. The molecule has 17 heavy (non-hydrogen) atoms. The molecule has 0 fully saturated rings. The number of aryl methyl sites for hydroxylation is 1. The minimum absolute atomic E-state index is 0.514. The van der Waals surface area contributed by atoms with Crippen LogP contribution < -0.4 is 5.32 Å². The van der Waals surface area contributed by atoms with Crippen LogP contribution in [0.4, 0.5) is 0 Å². The zero-order valence-corrected chi connectivity index (χ0v) is 10.7. The first-order chi connectivity index (χ1) is 8.42. The van der Waals surface area contributed by atoms with Crippen molar-refractivity contribution in [3.05, 3.63) is 23.7 Å². The van der Waals surface area contributed by atoms with Gasteiger partial charge in [-0.15, -0.1) is 0 Å². The van der Waals surface area contributed by atoms with Gasteiger partial charge in [-0.25, -0.2) is 0 Å². The van der Waals surface area contributed by atoms with Crippen LogP contribution in [0.3, 0.4) is 0 Å². The average molecular weight is 237 g/mol. The second kappa shape index (κ2) is 6.82. The van der Waals surface area contributed by atoms with Crippen molar-refractivity contribution in [1.29, 1.82) is 0 Å². The van der Waals surface area contributed by atoms with E-state index in [1.165, 1.54) is 43.4 Å². The molecule has 96 valence electrons. The third kappa shape index (κ3) is 3.58. The van der Waals surface area contributed by atoms with Gasteiger partial charge in [-0.2, -0.15) is 0 Å². The second-order valence-corrected chi connectivity index (χ2v) is 4.75. The molecule has 0 aliphatic heterocycles. The van der Waals surface area contributed by atoms with Crippen LogP contribution in [0.1, 0.15) is 49.5 Å². The molecule has 3 heteroatoms. The summed E-state index contributed by atoms with van der Waals surface area (Å²) in [6.45, 7) is 1.98. The van der Waals surface area contributed by atoms with Gasteiger partial charge in [-0.05, 0) is 44.7 Å². The van der Waals surface area contributed by atoms with Crippen molar-refractivity contribution in [3.8, 4) is 0 Å². The van der Waals surface area contributed by atoms with E-state index in [1.807, 2.05) is 6.26 Å². The summed E-state index contributed by atoms with van der Waals surface area (Å²) in [6.07, 6.45) is 9.04. The molecule has 0 saturated heterocycles. The summed E-state index contributed by atoms with van der Waals surface area (Å²) < 4.78 is 10.5. The second-order valence-electron chi connectivity index (χ2n) is 4.75. The zero-order valence-electron chi connectivity index (χ0n) is 10.7. The number of fused-ring (bicyclic) bond motifs is 1. The number of hydrogen-bond donors (Lipinski definition) is 1. The number of rotatable bonds is 7. The Morgan fingerprint density at radius 2 is 2.35 bits per heavy atom. The van der Waals surface area contributed by atoms with Crippen LogP contribution in [-0.2, 0) is 11.2 Å². The lowest BCUT2D eigenvalue weighted by Gasteiger charge is -2.22. The number of furan rings is 1. The molecule has 1 aromatic heterocycles. The van der Waals surface area contributed by atoms with Crippen molar-refractivity contribution < 1.29 is 9.15 Å². The van der Waals surface area contributed by atoms with Gasteiger partial charge >= 0.3 is 0 Å². The summed E-state index contributed by atoms with van der Waals surface area (Å²) in [6, 6.07) is 2.64. The van der Waals surface area contributed by atoms with E-state index in [4.69, 9.17) is 9.15 Å². The zero-order chi connectivity index (χ0) is 11.9. The maximum Gasteiger partial charge on any atom is 0.108 e. The van der Waals surface area contributed by atoms with Gasteiger partial charge in [0.05, 0.1) is 6.26 Å². The molecular formula is C14H23NO2. The summed E-state index contributed by atoms with van der Waals surface area (Å²) in [7, 11) is 1.76. The van der Waals surface area contributed by atoms with Crippen molar-refractivity contribution in [2.75, 3.05) is 20.3 Å². The first-order valence-corrected chi connectivity index (χ1v) is 6.70. The molecule has 3 nitrogen and oxygen atoms in total. The molecule has 1 aromatic rings. The van der Waals surface area contributed by atoms with E-state index in [-0.39, 0.29) is 0 Å². The third-order valence-electron chi connectivity index (χ3n) is 3.47. The third-order valence-corrected chi connectivity index (χ3v) is 3.47. The number of methoxy groups -OCH3 is 1. The van der Waals surface area contributed by atoms with E-state index in [2.05, 4.69) is 11.4 Å². The van der Waals surface area contributed by atoms with Crippen LogP contribution in [0.25, 0.3) is 0 Å². The molecule has 2 rings (SSSR count). The molecule has 0 amide bonds. The van der Waals surface area contributed by atoms with Gasteiger partial charge in [0, 0.05) is 31.7 Å². The Bertz CT molecular complexity index is 322. The topological polar surface area (TPSA) is 34.4 Å². The molecule has 1 heterocycles. The summed E-state index contributed by atoms with van der Waals surface area (Å²) in [5.41, 5.74) is 1.38. The minimum Gasteiger partial charge on any atom is -0.469 e. The fourth-order valence-corrected chi connectivity index (χ4v) is 2.52. The lowest BCUT2D eigenvalue weighted by molar-refractivity contribution is 0.192. The van der Waals surface area contributed by atoms with Crippen LogP contribution in [-0.4, -0.2) is 20.3 Å². The van der Waals surface area contributed by atoms with Crippen LogP contribution in [0, 0.1) is 0 Å². The van der Waals surface area contributed by atoms with Crippen molar-refractivity contribution >= 4 is 0 Å². The van der Waals surface area contributed by atoms with Gasteiger partial charge < -0.3 is 14.5 Å². The van der Waals surface area contributed by atoms with Gasteiger partial charge in [-0.1, -0.05) is 0 Å². The Morgan fingerprint density at radius 3 is 3.24 bits per heavy atom. The number of unbranched alkanes of at least 4 members (excludes halogenated alkanes) is 2. The lowest BCUT2D eigenvalue weighted by atomic mass is 9.93. The van der Waals surface area contributed by atoms with Crippen molar-refractivity contribution in [2.45, 2.75) is 44.6 Å². The highest BCUT2D eigenvalue weighted by Crippen LogP contribution is 2.30. The van der Waals surface area contributed by atoms with Crippen molar-refractivity contribution in [3.63, 3.8) is 0 Å². The normalized spacial score (nSPS) is 19.2. The Morgan fingerprint density at radius 1 is 1.41 bits per heavy atom. The smallest absolute Gasteiger partial charge is 0.108 e. The summed E-state index contributed by atoms with van der Waals surface area (Å²) in [4.78, 5) is 0. The molecule has 0 bridgehead atoms. The van der Waals surface area contributed by atoms with Gasteiger partial charge in [-0.3, -0.25) is 0 Å². The molecule has 1 atom stereocenters. The Hall–Kier alpha value is -0.800. The Balaban J connectivity index is 1.67. The number of nitrogens with one attached hydrogen (secondary N) is 1. The van der Waals surface area contributed by atoms with Gasteiger partial charge in [0.25, 0.3) is 0 Å². The van der Waals surface area contributed by atoms with Crippen molar-refractivity contribution in [1.82, 2.24) is 5.32 Å². The highest BCUT2D eigenvalue weighted by molar-refractivity contribution is 5.23. The van der Waals surface area contributed by atoms with Gasteiger partial charge in [0.2, 0.25) is 0 Å². The predicted octanol–water partition coefficient (Wildman–Crippen LogP) is 3.06. The molecule has 1 aliphatic rings. The summed E-state index contributed by atoms with van der Waals surface area (Å²) in [5.74, 6) is 1.19. The van der Waals surface area contributed by atoms with Crippen LogP contribution in [0.2, 0.25) is 0 Å². The standard InChI is InChI=1S/C14H23NO2/c1-16-10-4-2-3-9-15-13-6-5-7-14-12(13)8-11-17-14/h8,11,13,15H,2-7,9-10H2,1H3. The molecule has 0 radical (unpaired) electrons. The summed E-state index contributed by atoms with van der Waals surface area (Å²) >= 11 is 0. The first kappa shape index (κ1) is 12.7. The largest absolute Gasteiger partial charge is 0.469 e. The van der Waals surface area contributed by atoms with Gasteiger partial charge in [0.1, 0.15) is 5.76 Å². The fourth-order valence-electron chi connectivity index (χ4n) is 2.52. The van der Waals surface area contributed by atoms with Crippen molar-refractivity contribution in [2.24, 2.45) is 0 Å². The van der Waals surface area contributed by atoms with Gasteiger partial charge in [0.15, 0.2) is 0 Å². The van der Waals surface area contributed by atoms with E-state index < -0.39 is 0 Å². The number of hydrogen-bond acceptors (Lipinski definition) is 3. The minimum atomic E-state index is 0.514. The Kier molecular flexibility index (Phi) is 5.08. The maximum atomic E-state index is 5.49. The molecule has 1 aliphatic carbocycles. The van der Waals surface area contributed by atoms with E-state index in [0.717, 1.165) is 19.6 Å². The quantitative estimate of drug-likeness (QED) is 0.740. The molecule has 1 N–H and O–H groups in total. The Labute approximate surface area is 104 Å². The number of ether oxygens (including phenoxy) is 1. The molecule has 1 unspecified atom stereocenters. The van der Waals surface area contributed by atoms with E-state index in [0.29, 0.717) is 6.04 Å². The van der Waals surface area contributed by atoms with E-state index in [9.17, 15) is 0 Å².